The van der Waals surface area contributed by atoms with Gasteiger partial charge in [0.25, 0.3) is 0 Å². The van der Waals surface area contributed by atoms with E-state index in [1.54, 1.807) is 12.1 Å². The number of aliphatic hydroxyl groups is 1. The van der Waals surface area contributed by atoms with E-state index in [-0.39, 0.29) is 27.9 Å². The highest BCUT2D eigenvalue weighted by molar-refractivity contribution is 6.06. The minimum Gasteiger partial charge on any atom is -0.465 e. The van der Waals surface area contributed by atoms with Crippen LogP contribution >= 0.6 is 0 Å². The van der Waals surface area contributed by atoms with Gasteiger partial charge in [-0.05, 0) is 40.6 Å². The summed E-state index contributed by atoms with van der Waals surface area (Å²) in [6.07, 6.45) is 0. The summed E-state index contributed by atoms with van der Waals surface area (Å²) >= 11 is 0. The van der Waals surface area contributed by atoms with Crippen LogP contribution in [0.1, 0.15) is 15.9 Å². The molecule has 0 fully saturated rings. The lowest BCUT2D eigenvalue weighted by molar-refractivity contribution is 0.0601. The predicted molar refractivity (Wildman–Crippen MR) is 92.8 cm³/mol. The lowest BCUT2D eigenvalue weighted by atomic mass is 9.93. The molecule has 3 rings (SSSR count). The summed E-state index contributed by atoms with van der Waals surface area (Å²) in [6, 6.07) is 9.77. The molecule has 0 aliphatic heterocycles. The van der Waals surface area contributed by atoms with Gasteiger partial charge in [0.05, 0.1) is 25.9 Å². The maximum Gasteiger partial charge on any atom is 0.337 e. The molecule has 0 atom stereocenters. The van der Waals surface area contributed by atoms with E-state index in [2.05, 4.69) is 9.58 Å². The monoisotopic (exact) mass is 353 g/mol. The van der Waals surface area contributed by atoms with Gasteiger partial charge in [-0.1, -0.05) is 18.2 Å². The Kier molecular flexibility index (Phi) is 4.65. The van der Waals surface area contributed by atoms with Crippen LogP contribution in [-0.4, -0.2) is 18.2 Å². The molecule has 4 nitrogen and oxygen atoms in total. The van der Waals surface area contributed by atoms with Crippen LogP contribution in [-0.2, 0) is 11.3 Å². The van der Waals surface area contributed by atoms with E-state index < -0.39 is 24.2 Å². The Balaban J connectivity index is 2.41. The standard InChI is InChI=1S/C20H13F2NO3/c1-23-17-6-5-12-3-4-13(20(25)26-2)9-14(12)18(17)19-15(21)7-11(10-24)8-16(19)22/h3-9,24H,10H2,2H3. The minimum absolute atomic E-state index is 0.0501. The number of esters is 1. The molecule has 0 bridgehead atoms. The summed E-state index contributed by atoms with van der Waals surface area (Å²) in [4.78, 5) is 15.2. The summed E-state index contributed by atoms with van der Waals surface area (Å²) in [6.45, 7) is 6.84. The van der Waals surface area contributed by atoms with Crippen molar-refractivity contribution in [2.45, 2.75) is 6.61 Å². The van der Waals surface area contributed by atoms with Gasteiger partial charge < -0.3 is 9.84 Å². The number of fused-ring (bicyclic) bond motifs is 1. The van der Waals surface area contributed by atoms with E-state index in [1.165, 1.54) is 25.3 Å². The maximum atomic E-state index is 14.6. The SMILES string of the molecule is [C-]#[N+]c1ccc2ccc(C(=O)OC)cc2c1-c1c(F)cc(CO)cc1F. The fraction of sp³-hybridized carbons (Fsp3) is 0.100. The number of carbonyl (C=O) groups is 1. The van der Waals surface area contributed by atoms with Gasteiger partial charge in [-0.25, -0.2) is 18.4 Å². The molecule has 0 aliphatic carbocycles. The molecule has 3 aromatic carbocycles. The van der Waals surface area contributed by atoms with E-state index in [9.17, 15) is 13.6 Å². The quantitative estimate of drug-likeness (QED) is 0.552. The van der Waals surface area contributed by atoms with E-state index in [4.69, 9.17) is 11.7 Å². The number of ether oxygens (including phenoxy) is 1. The molecule has 0 amide bonds. The number of rotatable bonds is 3. The van der Waals surface area contributed by atoms with E-state index in [0.29, 0.717) is 10.8 Å². The molecule has 3 aromatic rings. The molecule has 0 saturated carbocycles. The number of methoxy groups -OCH3 is 1. The fourth-order valence-corrected chi connectivity index (χ4v) is 2.86. The van der Waals surface area contributed by atoms with Crippen LogP contribution in [0.4, 0.5) is 14.5 Å². The third-order valence-corrected chi connectivity index (χ3v) is 4.08. The second-order valence-corrected chi connectivity index (χ2v) is 5.59. The highest BCUT2D eigenvalue weighted by Crippen LogP contribution is 2.40. The second-order valence-electron chi connectivity index (χ2n) is 5.59. The summed E-state index contributed by atoms with van der Waals surface area (Å²) in [5.41, 5.74) is 0.0254. The van der Waals surface area contributed by atoms with Crippen molar-refractivity contribution in [2.24, 2.45) is 0 Å². The summed E-state index contributed by atoms with van der Waals surface area (Å²) in [5.74, 6) is -2.38. The van der Waals surface area contributed by atoms with Crippen LogP contribution in [0.3, 0.4) is 0 Å². The van der Waals surface area contributed by atoms with E-state index in [1.807, 2.05) is 0 Å². The molecule has 130 valence electrons. The Morgan fingerprint density at radius 3 is 2.35 bits per heavy atom. The predicted octanol–water partition coefficient (Wildman–Crippen LogP) is 4.61. The molecule has 0 aromatic heterocycles. The highest BCUT2D eigenvalue weighted by Gasteiger charge is 2.20. The number of halogens is 2. The number of benzene rings is 3. The number of nitrogens with zero attached hydrogens (tertiary/aromatic N) is 1. The smallest absolute Gasteiger partial charge is 0.337 e. The van der Waals surface area contributed by atoms with Gasteiger partial charge in [0, 0.05) is 11.1 Å². The highest BCUT2D eigenvalue weighted by atomic mass is 19.1. The fourth-order valence-electron chi connectivity index (χ4n) is 2.86. The summed E-state index contributed by atoms with van der Waals surface area (Å²) in [5, 5.41) is 10.1. The van der Waals surface area contributed by atoms with E-state index in [0.717, 1.165) is 12.1 Å². The first-order valence-corrected chi connectivity index (χ1v) is 7.61. The van der Waals surface area contributed by atoms with Crippen molar-refractivity contribution in [1.82, 2.24) is 0 Å². The third kappa shape index (κ3) is 2.89. The van der Waals surface area contributed by atoms with Crippen molar-refractivity contribution < 1.29 is 23.4 Å². The third-order valence-electron chi connectivity index (χ3n) is 4.08. The van der Waals surface area contributed by atoms with Crippen LogP contribution in [0.5, 0.6) is 0 Å². The number of hydrogen-bond donors (Lipinski definition) is 1. The van der Waals surface area contributed by atoms with Gasteiger partial charge in [-0.3, -0.25) is 0 Å². The Bertz CT molecular complexity index is 1050. The largest absolute Gasteiger partial charge is 0.465 e. The molecule has 0 heterocycles. The van der Waals surface area contributed by atoms with Crippen LogP contribution < -0.4 is 0 Å². The minimum atomic E-state index is -0.894. The first-order valence-electron chi connectivity index (χ1n) is 7.61. The van der Waals surface area contributed by atoms with Crippen LogP contribution in [0, 0.1) is 18.2 Å². The van der Waals surface area contributed by atoms with Crippen molar-refractivity contribution >= 4 is 22.4 Å². The average Bonchev–Trinajstić information content (AvgIpc) is 2.66. The molecule has 1 N–H and O–H groups in total. The van der Waals surface area contributed by atoms with Crippen LogP contribution in [0.2, 0.25) is 0 Å². The zero-order valence-corrected chi connectivity index (χ0v) is 13.7. The Morgan fingerprint density at radius 1 is 1.12 bits per heavy atom. The number of carbonyl (C=O) groups excluding carboxylic acids is 1. The van der Waals surface area contributed by atoms with Gasteiger partial charge in [0.15, 0.2) is 5.69 Å². The lowest BCUT2D eigenvalue weighted by Crippen LogP contribution is -2.01. The Labute approximate surface area is 148 Å². The normalized spacial score (nSPS) is 10.6. The number of hydrogen-bond acceptors (Lipinski definition) is 3. The molecule has 26 heavy (non-hydrogen) atoms. The van der Waals surface area contributed by atoms with Crippen LogP contribution in [0.15, 0.2) is 42.5 Å². The second kappa shape index (κ2) is 6.90. The first-order chi connectivity index (χ1) is 12.5. The molecular weight excluding hydrogens is 340 g/mol. The molecule has 0 spiro atoms. The van der Waals surface area contributed by atoms with Crippen molar-refractivity contribution in [3.8, 4) is 11.1 Å². The lowest BCUT2D eigenvalue weighted by Gasteiger charge is -2.13. The van der Waals surface area contributed by atoms with Crippen molar-refractivity contribution in [1.29, 1.82) is 0 Å². The van der Waals surface area contributed by atoms with Gasteiger partial charge in [0.2, 0.25) is 0 Å². The van der Waals surface area contributed by atoms with Crippen LogP contribution in [0.25, 0.3) is 26.7 Å². The first kappa shape index (κ1) is 17.5. The molecular formula is C20H13F2NO3. The molecule has 0 saturated heterocycles. The Morgan fingerprint density at radius 2 is 1.77 bits per heavy atom. The van der Waals surface area contributed by atoms with E-state index >= 15 is 0 Å². The molecule has 6 heteroatoms. The summed E-state index contributed by atoms with van der Waals surface area (Å²) < 4.78 is 33.9. The van der Waals surface area contributed by atoms with Gasteiger partial charge in [-0.2, -0.15) is 0 Å². The summed E-state index contributed by atoms with van der Waals surface area (Å²) in [7, 11) is 1.23. The average molecular weight is 353 g/mol. The molecule has 0 radical (unpaired) electrons. The topological polar surface area (TPSA) is 50.9 Å². The molecule has 0 aliphatic rings. The maximum absolute atomic E-state index is 14.6. The Hall–Kier alpha value is -3.30. The van der Waals surface area contributed by atoms with Gasteiger partial charge >= 0.3 is 5.97 Å². The molecule has 0 unspecified atom stereocenters. The zero-order valence-electron chi connectivity index (χ0n) is 13.7. The van der Waals surface area contributed by atoms with Crippen molar-refractivity contribution in [3.05, 3.63) is 76.6 Å². The number of aliphatic hydroxyl groups excluding tert-OH is 1. The van der Waals surface area contributed by atoms with Gasteiger partial charge in [0.1, 0.15) is 11.6 Å². The van der Waals surface area contributed by atoms with Gasteiger partial charge in [-0.15, -0.1) is 0 Å². The van der Waals surface area contributed by atoms with Crippen molar-refractivity contribution in [3.63, 3.8) is 0 Å². The zero-order chi connectivity index (χ0) is 18.8. The van der Waals surface area contributed by atoms with Crippen molar-refractivity contribution in [2.75, 3.05) is 7.11 Å².